The van der Waals surface area contributed by atoms with Crippen LogP contribution in [0, 0.1) is 0 Å². The molecule has 0 bridgehead atoms. The van der Waals surface area contributed by atoms with Gasteiger partial charge in [0.05, 0.1) is 0 Å². The molecule has 1 aromatic heterocycles. The molecule has 0 radical (unpaired) electrons. The summed E-state index contributed by atoms with van der Waals surface area (Å²) in [6, 6.07) is 0.399. The highest BCUT2D eigenvalue weighted by atomic mass is 79.9. The fourth-order valence-corrected chi connectivity index (χ4v) is 3.16. The summed E-state index contributed by atoms with van der Waals surface area (Å²) in [5.74, 6) is 0.620. The molecule has 0 amide bonds. The van der Waals surface area contributed by atoms with Gasteiger partial charge in [-0.1, -0.05) is 22.9 Å². The molecule has 1 aliphatic rings. The maximum atomic E-state index is 12.4. The molecule has 1 saturated heterocycles. The van der Waals surface area contributed by atoms with Crippen LogP contribution in [0.1, 0.15) is 32.6 Å². The van der Waals surface area contributed by atoms with Crippen molar-refractivity contribution in [3.63, 3.8) is 0 Å². The second-order valence-electron chi connectivity index (χ2n) is 4.75. The molecular formula is C13H20BrN3O. The van der Waals surface area contributed by atoms with E-state index in [0.717, 1.165) is 37.7 Å². The summed E-state index contributed by atoms with van der Waals surface area (Å²) in [5, 5.41) is 0.900. The molecule has 4 nitrogen and oxygen atoms in total. The summed E-state index contributed by atoms with van der Waals surface area (Å²) >= 11 is 3.54. The van der Waals surface area contributed by atoms with E-state index in [0.29, 0.717) is 11.9 Å². The number of hydrogen-bond donors (Lipinski definition) is 0. The molecule has 0 N–H and O–H groups in total. The highest BCUT2D eigenvalue weighted by Gasteiger charge is 2.24. The van der Waals surface area contributed by atoms with Gasteiger partial charge < -0.3 is 9.47 Å². The number of alkyl halides is 1. The largest absolute Gasteiger partial charge is 0.348 e. The topological polar surface area (TPSA) is 38.1 Å². The standard InChI is InChI=1S/C13H20BrN3O/c1-2-7-16-9-6-15-12(13(16)18)17-8-4-3-5-11(17)10-14/h6,9,11H,2-5,7-8,10H2,1H3. The van der Waals surface area contributed by atoms with E-state index in [1.807, 2.05) is 0 Å². The maximum Gasteiger partial charge on any atom is 0.293 e. The first kappa shape index (κ1) is 13.6. The molecular weight excluding hydrogens is 294 g/mol. The van der Waals surface area contributed by atoms with Gasteiger partial charge in [0, 0.05) is 36.9 Å². The van der Waals surface area contributed by atoms with E-state index in [-0.39, 0.29) is 5.56 Å². The fraction of sp³-hybridized carbons (Fsp3) is 0.692. The van der Waals surface area contributed by atoms with Crippen LogP contribution in [0.4, 0.5) is 5.82 Å². The molecule has 1 fully saturated rings. The van der Waals surface area contributed by atoms with Gasteiger partial charge in [-0.2, -0.15) is 0 Å². The molecule has 5 heteroatoms. The number of halogens is 1. The number of aryl methyl sites for hydroxylation is 1. The van der Waals surface area contributed by atoms with E-state index in [4.69, 9.17) is 0 Å². The van der Waals surface area contributed by atoms with Crippen molar-refractivity contribution in [2.45, 2.75) is 45.2 Å². The monoisotopic (exact) mass is 313 g/mol. The van der Waals surface area contributed by atoms with Crippen molar-refractivity contribution in [1.29, 1.82) is 0 Å². The van der Waals surface area contributed by atoms with Crippen LogP contribution in [0.5, 0.6) is 0 Å². The van der Waals surface area contributed by atoms with E-state index in [1.165, 1.54) is 6.42 Å². The van der Waals surface area contributed by atoms with Gasteiger partial charge in [0.1, 0.15) is 0 Å². The Labute approximate surface area is 116 Å². The number of aromatic nitrogens is 2. The Morgan fingerprint density at radius 3 is 3.06 bits per heavy atom. The third kappa shape index (κ3) is 2.76. The first-order valence-corrected chi connectivity index (χ1v) is 7.78. The van der Waals surface area contributed by atoms with Crippen molar-refractivity contribution in [2.24, 2.45) is 0 Å². The van der Waals surface area contributed by atoms with Gasteiger partial charge in [0.15, 0.2) is 5.82 Å². The molecule has 1 aliphatic heterocycles. The third-order valence-electron chi connectivity index (χ3n) is 3.44. The van der Waals surface area contributed by atoms with Gasteiger partial charge in [0.2, 0.25) is 0 Å². The lowest BCUT2D eigenvalue weighted by atomic mass is 10.0. The molecule has 2 heterocycles. The summed E-state index contributed by atoms with van der Waals surface area (Å²) in [6.07, 6.45) is 8.00. The number of nitrogens with zero attached hydrogens (tertiary/aromatic N) is 3. The summed E-state index contributed by atoms with van der Waals surface area (Å²) in [4.78, 5) is 18.9. The van der Waals surface area contributed by atoms with Crippen molar-refractivity contribution in [1.82, 2.24) is 9.55 Å². The normalized spacial score (nSPS) is 20.1. The van der Waals surface area contributed by atoms with Gasteiger partial charge in [-0.05, 0) is 25.7 Å². The lowest BCUT2D eigenvalue weighted by Crippen LogP contribution is -2.44. The van der Waals surface area contributed by atoms with Gasteiger partial charge in [0.25, 0.3) is 5.56 Å². The second kappa shape index (κ2) is 6.36. The van der Waals surface area contributed by atoms with Gasteiger partial charge in [-0.3, -0.25) is 4.79 Å². The Bertz CT molecular complexity index is 446. The fourth-order valence-electron chi connectivity index (χ4n) is 2.49. The zero-order valence-electron chi connectivity index (χ0n) is 10.8. The average Bonchev–Trinajstić information content (AvgIpc) is 2.41. The van der Waals surface area contributed by atoms with Crippen LogP contribution in [0.2, 0.25) is 0 Å². The summed E-state index contributed by atoms with van der Waals surface area (Å²) in [5.41, 5.74) is 0.0483. The summed E-state index contributed by atoms with van der Waals surface area (Å²) in [7, 11) is 0. The van der Waals surface area contributed by atoms with E-state index < -0.39 is 0 Å². The Morgan fingerprint density at radius 2 is 2.33 bits per heavy atom. The molecule has 2 rings (SSSR count). The van der Waals surface area contributed by atoms with Crippen LogP contribution in [-0.2, 0) is 6.54 Å². The van der Waals surface area contributed by atoms with E-state index in [2.05, 4.69) is 32.7 Å². The van der Waals surface area contributed by atoms with E-state index in [1.54, 1.807) is 17.0 Å². The average molecular weight is 314 g/mol. The van der Waals surface area contributed by atoms with Crippen LogP contribution in [0.25, 0.3) is 0 Å². The van der Waals surface area contributed by atoms with E-state index >= 15 is 0 Å². The van der Waals surface area contributed by atoms with Crippen LogP contribution in [0.3, 0.4) is 0 Å². The highest BCUT2D eigenvalue weighted by Crippen LogP contribution is 2.21. The minimum atomic E-state index is 0.0483. The number of hydrogen-bond acceptors (Lipinski definition) is 3. The first-order valence-electron chi connectivity index (χ1n) is 6.66. The van der Waals surface area contributed by atoms with Crippen molar-refractivity contribution in [2.75, 3.05) is 16.8 Å². The third-order valence-corrected chi connectivity index (χ3v) is 4.18. The Balaban J connectivity index is 2.31. The minimum Gasteiger partial charge on any atom is -0.348 e. The molecule has 1 atom stereocenters. The van der Waals surface area contributed by atoms with Crippen LogP contribution < -0.4 is 10.5 Å². The number of piperidine rings is 1. The van der Waals surface area contributed by atoms with Crippen molar-refractivity contribution >= 4 is 21.7 Å². The zero-order chi connectivity index (χ0) is 13.0. The highest BCUT2D eigenvalue weighted by molar-refractivity contribution is 9.09. The predicted molar refractivity (Wildman–Crippen MR) is 77.6 cm³/mol. The second-order valence-corrected chi connectivity index (χ2v) is 5.39. The smallest absolute Gasteiger partial charge is 0.293 e. The Kier molecular flexibility index (Phi) is 4.80. The van der Waals surface area contributed by atoms with Crippen molar-refractivity contribution in [3.8, 4) is 0 Å². The molecule has 0 saturated carbocycles. The number of rotatable bonds is 4. The van der Waals surface area contributed by atoms with Crippen LogP contribution in [0.15, 0.2) is 17.2 Å². The minimum absolute atomic E-state index is 0.0483. The predicted octanol–water partition coefficient (Wildman–Crippen LogP) is 2.41. The van der Waals surface area contributed by atoms with Gasteiger partial charge in [-0.15, -0.1) is 0 Å². The van der Waals surface area contributed by atoms with Crippen molar-refractivity contribution in [3.05, 3.63) is 22.7 Å². The van der Waals surface area contributed by atoms with Crippen LogP contribution in [-0.4, -0.2) is 27.5 Å². The Hall–Kier alpha value is -0.840. The molecule has 0 aliphatic carbocycles. The quantitative estimate of drug-likeness (QED) is 0.801. The molecule has 0 aromatic carbocycles. The lowest BCUT2D eigenvalue weighted by molar-refractivity contribution is 0.483. The van der Waals surface area contributed by atoms with Gasteiger partial charge in [-0.25, -0.2) is 4.98 Å². The summed E-state index contributed by atoms with van der Waals surface area (Å²) in [6.45, 7) is 3.78. The molecule has 1 unspecified atom stereocenters. The summed E-state index contributed by atoms with van der Waals surface area (Å²) < 4.78 is 1.77. The van der Waals surface area contributed by atoms with Gasteiger partial charge >= 0.3 is 0 Å². The number of anilines is 1. The first-order chi connectivity index (χ1) is 8.77. The lowest BCUT2D eigenvalue weighted by Gasteiger charge is -2.35. The molecule has 0 spiro atoms. The van der Waals surface area contributed by atoms with Crippen LogP contribution >= 0.6 is 15.9 Å². The maximum absolute atomic E-state index is 12.4. The molecule has 100 valence electrons. The van der Waals surface area contributed by atoms with E-state index in [9.17, 15) is 4.79 Å². The SMILES string of the molecule is CCCn1ccnc(N2CCCCC2CBr)c1=O. The molecule has 1 aromatic rings. The Morgan fingerprint density at radius 1 is 1.50 bits per heavy atom. The zero-order valence-corrected chi connectivity index (χ0v) is 12.4. The molecule has 18 heavy (non-hydrogen) atoms. The van der Waals surface area contributed by atoms with Crippen molar-refractivity contribution < 1.29 is 0 Å².